The Morgan fingerprint density at radius 3 is 1.41 bits per heavy atom. The van der Waals surface area contributed by atoms with Crippen LogP contribution in [0, 0.1) is 0 Å². The number of hydrogen-bond acceptors (Lipinski definition) is 10. The van der Waals surface area contributed by atoms with Gasteiger partial charge >= 0.3 is 5.97 Å². The summed E-state index contributed by atoms with van der Waals surface area (Å²) >= 11 is 0. The molecule has 1 saturated heterocycles. The van der Waals surface area contributed by atoms with Crippen LogP contribution in [0.15, 0.2) is 24.3 Å². The lowest BCUT2D eigenvalue weighted by molar-refractivity contribution is -0.302. The number of carbonyl (C=O) groups excluding carboxylic acids is 2. The summed E-state index contributed by atoms with van der Waals surface area (Å²) in [7, 11) is 0. The van der Waals surface area contributed by atoms with Crippen molar-refractivity contribution in [3.8, 4) is 0 Å². The van der Waals surface area contributed by atoms with Crippen molar-refractivity contribution in [3.05, 3.63) is 24.3 Å². The first-order valence-corrected chi connectivity index (χ1v) is 29.6. The zero-order valence-electron chi connectivity index (χ0n) is 45.2. The average Bonchev–Trinajstić information content (AvgIpc) is 3.36. The SMILES string of the molecule is CCCCC/C=C/CC/C=C/C(O)C(COC1OC(CO)C(O)C(O)C1O)NC(=O)CCCCCCCCCCCCCCCCCCCCCCCCOC(=O)CCCCCCCCCCCCC. The molecule has 11 nitrogen and oxygen atoms in total. The van der Waals surface area contributed by atoms with E-state index in [4.69, 9.17) is 14.2 Å². The normalized spacial score (nSPS) is 19.3. The van der Waals surface area contributed by atoms with Crippen LogP contribution in [0.25, 0.3) is 0 Å². The number of unbranched alkanes of at least 4 members (excludes halogenated alkanes) is 35. The Labute approximate surface area is 429 Å². The van der Waals surface area contributed by atoms with Gasteiger partial charge in [-0.3, -0.25) is 9.59 Å². The molecule has 0 bridgehead atoms. The van der Waals surface area contributed by atoms with E-state index in [9.17, 15) is 35.1 Å². The maximum absolute atomic E-state index is 13.0. The summed E-state index contributed by atoms with van der Waals surface area (Å²) < 4.78 is 16.6. The molecule has 1 fully saturated rings. The number of aliphatic hydroxyl groups is 5. The number of carbonyl (C=O) groups is 2. The number of esters is 1. The monoisotopic (exact) mass is 994 g/mol. The lowest BCUT2D eigenvalue weighted by Crippen LogP contribution is -2.60. The largest absolute Gasteiger partial charge is 0.466 e. The summed E-state index contributed by atoms with van der Waals surface area (Å²) in [4.78, 5) is 25.0. The van der Waals surface area contributed by atoms with Crippen LogP contribution in [0.5, 0.6) is 0 Å². The molecule has 0 aromatic heterocycles. The molecule has 1 aliphatic heterocycles. The molecule has 0 saturated carbocycles. The number of allylic oxidation sites excluding steroid dienone is 3. The molecule has 7 atom stereocenters. The molecule has 1 aliphatic rings. The first-order chi connectivity index (χ1) is 34.2. The van der Waals surface area contributed by atoms with Crippen molar-refractivity contribution in [2.45, 2.75) is 320 Å². The number of aliphatic hydroxyl groups excluding tert-OH is 5. The van der Waals surface area contributed by atoms with Gasteiger partial charge in [0, 0.05) is 12.8 Å². The van der Waals surface area contributed by atoms with E-state index in [1.54, 1.807) is 6.08 Å². The maximum Gasteiger partial charge on any atom is 0.305 e. The molecule has 7 unspecified atom stereocenters. The van der Waals surface area contributed by atoms with Crippen molar-refractivity contribution in [1.82, 2.24) is 5.32 Å². The molecule has 0 radical (unpaired) electrons. The van der Waals surface area contributed by atoms with Crippen LogP contribution in [0.1, 0.15) is 277 Å². The maximum atomic E-state index is 13.0. The van der Waals surface area contributed by atoms with Gasteiger partial charge in [-0.2, -0.15) is 0 Å². The quantitative estimate of drug-likeness (QED) is 0.0195. The van der Waals surface area contributed by atoms with Crippen molar-refractivity contribution >= 4 is 11.9 Å². The third-order valence-electron chi connectivity index (χ3n) is 14.1. The van der Waals surface area contributed by atoms with Gasteiger partial charge in [0.1, 0.15) is 24.4 Å². The highest BCUT2D eigenvalue weighted by molar-refractivity contribution is 5.76. The lowest BCUT2D eigenvalue weighted by atomic mass is 9.99. The summed E-state index contributed by atoms with van der Waals surface area (Å²) in [6, 6.07) is -0.825. The fourth-order valence-electron chi connectivity index (χ4n) is 9.33. The van der Waals surface area contributed by atoms with Gasteiger partial charge in [0.15, 0.2) is 6.29 Å². The minimum absolute atomic E-state index is 0.0000407. The molecule has 11 heteroatoms. The van der Waals surface area contributed by atoms with Gasteiger partial charge in [-0.05, 0) is 44.9 Å². The smallest absolute Gasteiger partial charge is 0.305 e. The number of amides is 1. The molecule has 1 heterocycles. The Kier molecular flexibility index (Phi) is 46.6. The topological polar surface area (TPSA) is 175 Å². The Balaban J connectivity index is 2.01. The van der Waals surface area contributed by atoms with Crippen molar-refractivity contribution < 1.29 is 49.3 Å². The fourth-order valence-corrected chi connectivity index (χ4v) is 9.33. The Morgan fingerprint density at radius 1 is 0.514 bits per heavy atom. The van der Waals surface area contributed by atoms with E-state index in [0.29, 0.717) is 19.4 Å². The first-order valence-electron chi connectivity index (χ1n) is 29.6. The molecule has 0 aliphatic carbocycles. The summed E-state index contributed by atoms with van der Waals surface area (Å²) in [5, 5.41) is 54.1. The second-order valence-electron chi connectivity index (χ2n) is 20.7. The minimum Gasteiger partial charge on any atom is -0.466 e. The zero-order valence-corrected chi connectivity index (χ0v) is 45.2. The molecule has 412 valence electrons. The van der Waals surface area contributed by atoms with Crippen LogP contribution >= 0.6 is 0 Å². The number of rotatable bonds is 51. The Bertz CT molecular complexity index is 1220. The molecular formula is C59H111NO10. The van der Waals surface area contributed by atoms with E-state index in [2.05, 4.69) is 31.3 Å². The van der Waals surface area contributed by atoms with Crippen molar-refractivity contribution in [2.24, 2.45) is 0 Å². The second-order valence-corrected chi connectivity index (χ2v) is 20.7. The highest BCUT2D eigenvalue weighted by atomic mass is 16.7. The molecule has 70 heavy (non-hydrogen) atoms. The van der Waals surface area contributed by atoms with Crippen molar-refractivity contribution in [3.63, 3.8) is 0 Å². The summed E-state index contributed by atoms with van der Waals surface area (Å²) in [5.41, 5.74) is 0. The van der Waals surface area contributed by atoms with Gasteiger partial charge in [0.05, 0.1) is 32.0 Å². The van der Waals surface area contributed by atoms with Crippen LogP contribution in [-0.4, -0.2) is 100 Å². The Morgan fingerprint density at radius 2 is 0.929 bits per heavy atom. The standard InChI is InChI=1S/C59H111NO10/c1-3-5-7-9-11-13-26-31-35-39-43-47-55(64)68-48-44-40-36-32-28-25-23-21-19-17-15-14-16-18-20-22-24-27-30-34-38-42-46-54(63)60-51(52(62)45-41-37-33-29-12-10-8-6-4-2)50-69-59-58(67)57(66)56(65)53(49-61)70-59/h12,29,41,45,51-53,56-59,61-62,65-67H,3-11,13-28,30-40,42-44,46-50H2,1-2H3,(H,60,63)/b29-12+,45-41+. The van der Waals surface area contributed by atoms with Crippen LogP contribution in [0.2, 0.25) is 0 Å². The van der Waals surface area contributed by atoms with Crippen LogP contribution in [-0.2, 0) is 23.8 Å². The summed E-state index contributed by atoms with van der Waals surface area (Å²) in [5.74, 6) is -0.194. The van der Waals surface area contributed by atoms with Crippen molar-refractivity contribution in [1.29, 1.82) is 0 Å². The predicted molar refractivity (Wildman–Crippen MR) is 288 cm³/mol. The van der Waals surface area contributed by atoms with Crippen LogP contribution in [0.4, 0.5) is 0 Å². The van der Waals surface area contributed by atoms with Gasteiger partial charge in [0.2, 0.25) is 5.91 Å². The molecule has 6 N–H and O–H groups in total. The van der Waals surface area contributed by atoms with Crippen LogP contribution in [0.3, 0.4) is 0 Å². The van der Waals surface area contributed by atoms with E-state index in [1.165, 1.54) is 193 Å². The number of hydrogen-bond donors (Lipinski definition) is 6. The van der Waals surface area contributed by atoms with Crippen molar-refractivity contribution in [2.75, 3.05) is 19.8 Å². The van der Waals surface area contributed by atoms with E-state index in [-0.39, 0.29) is 18.5 Å². The third kappa shape index (κ3) is 38.7. The Hall–Kier alpha value is -1.86. The van der Waals surface area contributed by atoms with Gasteiger partial charge in [-0.15, -0.1) is 0 Å². The molecule has 0 aromatic carbocycles. The molecule has 0 aromatic rings. The van der Waals surface area contributed by atoms with Crippen LogP contribution < -0.4 is 5.32 Å². The predicted octanol–water partition coefficient (Wildman–Crippen LogP) is 13.3. The van der Waals surface area contributed by atoms with E-state index < -0.39 is 49.5 Å². The minimum atomic E-state index is -1.57. The second kappa shape index (κ2) is 49.4. The zero-order chi connectivity index (χ0) is 51.0. The average molecular weight is 995 g/mol. The summed E-state index contributed by atoms with van der Waals surface area (Å²) in [6.07, 6.45) is 48.6. The third-order valence-corrected chi connectivity index (χ3v) is 14.1. The lowest BCUT2D eigenvalue weighted by Gasteiger charge is -2.40. The fraction of sp³-hybridized carbons (Fsp3) is 0.898. The highest BCUT2D eigenvalue weighted by Gasteiger charge is 2.44. The van der Waals surface area contributed by atoms with Gasteiger partial charge in [-0.1, -0.05) is 244 Å². The highest BCUT2D eigenvalue weighted by Crippen LogP contribution is 2.23. The molecule has 1 amide bonds. The molecule has 1 rings (SSSR count). The number of ether oxygens (including phenoxy) is 3. The van der Waals surface area contributed by atoms with Gasteiger partial charge in [-0.25, -0.2) is 0 Å². The van der Waals surface area contributed by atoms with E-state index in [0.717, 1.165) is 57.8 Å². The summed E-state index contributed by atoms with van der Waals surface area (Å²) in [6.45, 7) is 4.28. The van der Waals surface area contributed by atoms with Gasteiger partial charge < -0.3 is 45.1 Å². The van der Waals surface area contributed by atoms with E-state index in [1.807, 2.05) is 6.08 Å². The van der Waals surface area contributed by atoms with E-state index >= 15 is 0 Å². The molecule has 0 spiro atoms. The number of nitrogens with one attached hydrogen (secondary N) is 1. The van der Waals surface area contributed by atoms with Gasteiger partial charge in [0.25, 0.3) is 0 Å². The first kappa shape index (κ1) is 66.2. The molecular weight excluding hydrogens is 883 g/mol.